The number of rotatable bonds is 4. The average Bonchev–Trinajstić information content (AvgIpc) is 2.56. The molecule has 0 saturated carbocycles. The Morgan fingerprint density at radius 2 is 1.84 bits per heavy atom. The lowest BCUT2D eigenvalue weighted by Crippen LogP contribution is -2.25. The van der Waals surface area contributed by atoms with Crippen molar-refractivity contribution in [2.75, 3.05) is 18.5 Å². The van der Waals surface area contributed by atoms with Gasteiger partial charge in [-0.15, -0.1) is 22.0 Å². The highest BCUT2D eigenvalue weighted by Gasteiger charge is 2.43. The summed E-state index contributed by atoms with van der Waals surface area (Å²) in [5, 5.41) is 2.57. The number of halogens is 5. The number of hydrogen-bond donors (Lipinski definition) is 1. The van der Waals surface area contributed by atoms with Crippen LogP contribution in [0.15, 0.2) is 18.2 Å². The maximum atomic E-state index is 12.7. The summed E-state index contributed by atoms with van der Waals surface area (Å²) in [5.41, 5.74) is 0.311. The van der Waals surface area contributed by atoms with E-state index in [2.05, 4.69) is 19.5 Å². The summed E-state index contributed by atoms with van der Waals surface area (Å²) < 4.78 is 72.3. The molecule has 19 heavy (non-hydrogen) atoms. The fourth-order valence-electron chi connectivity index (χ4n) is 1.42. The average molecular weight is 285 g/mol. The van der Waals surface area contributed by atoms with Crippen LogP contribution in [0.1, 0.15) is 0 Å². The summed E-state index contributed by atoms with van der Waals surface area (Å²) in [4.78, 5) is 0. The first-order chi connectivity index (χ1) is 8.75. The van der Waals surface area contributed by atoms with Gasteiger partial charge in [0.25, 0.3) is 0 Å². The molecule has 0 amide bonds. The molecule has 1 aliphatic heterocycles. The topological polar surface area (TPSA) is 39.7 Å². The fourth-order valence-corrected chi connectivity index (χ4v) is 1.42. The normalized spacial score (nSPS) is 16.5. The van der Waals surface area contributed by atoms with Crippen molar-refractivity contribution in [3.63, 3.8) is 0 Å². The quantitative estimate of drug-likeness (QED) is 0.682. The van der Waals surface area contributed by atoms with Gasteiger partial charge in [0.2, 0.25) is 0 Å². The molecule has 2 rings (SSSR count). The van der Waals surface area contributed by atoms with Crippen molar-refractivity contribution in [3.05, 3.63) is 18.2 Å². The van der Waals surface area contributed by atoms with Crippen LogP contribution >= 0.6 is 0 Å². The Morgan fingerprint density at radius 1 is 1.16 bits per heavy atom. The first-order valence-electron chi connectivity index (χ1n) is 5.10. The predicted molar refractivity (Wildman–Crippen MR) is 53.1 cm³/mol. The van der Waals surface area contributed by atoms with E-state index in [-0.39, 0.29) is 18.0 Å². The van der Waals surface area contributed by atoms with E-state index in [1.165, 1.54) is 18.2 Å². The Bertz CT molecular complexity index is 463. The molecule has 0 saturated heterocycles. The molecule has 1 N–H and O–H groups in total. The van der Waals surface area contributed by atoms with Crippen molar-refractivity contribution in [1.82, 2.24) is 0 Å². The molecular formula is C10H8F5NO3. The van der Waals surface area contributed by atoms with Gasteiger partial charge in [0.1, 0.15) is 0 Å². The van der Waals surface area contributed by atoms with Gasteiger partial charge in [-0.25, -0.2) is 0 Å². The minimum absolute atomic E-state index is 0.137. The molecule has 0 radical (unpaired) electrons. The van der Waals surface area contributed by atoms with Crippen molar-refractivity contribution in [2.24, 2.45) is 0 Å². The third kappa shape index (κ3) is 3.85. The highest BCUT2D eigenvalue weighted by atomic mass is 19.4. The van der Waals surface area contributed by atoms with Crippen LogP contribution in [0.4, 0.5) is 27.6 Å². The van der Waals surface area contributed by atoms with Crippen molar-refractivity contribution >= 4 is 5.69 Å². The first kappa shape index (κ1) is 13.7. The van der Waals surface area contributed by atoms with E-state index in [0.717, 1.165) is 0 Å². The molecule has 1 aromatic carbocycles. The minimum Gasteiger partial charge on any atom is -0.395 e. The molecule has 0 aromatic heterocycles. The third-order valence-corrected chi connectivity index (χ3v) is 2.10. The number of hydrogen-bond acceptors (Lipinski definition) is 4. The lowest BCUT2D eigenvalue weighted by molar-refractivity contribution is -0.322. The van der Waals surface area contributed by atoms with Gasteiger partial charge in [0, 0.05) is 18.3 Å². The van der Waals surface area contributed by atoms with Crippen LogP contribution in [-0.4, -0.2) is 25.8 Å². The lowest BCUT2D eigenvalue weighted by atomic mass is 10.3. The predicted octanol–water partition coefficient (Wildman–Crippen LogP) is 2.96. The van der Waals surface area contributed by atoms with Gasteiger partial charge in [-0.05, 0) is 12.1 Å². The van der Waals surface area contributed by atoms with E-state index < -0.39 is 19.3 Å². The van der Waals surface area contributed by atoms with Gasteiger partial charge < -0.3 is 14.8 Å². The molecule has 106 valence electrons. The van der Waals surface area contributed by atoms with Crippen molar-refractivity contribution in [3.8, 4) is 11.5 Å². The molecule has 0 unspecified atom stereocenters. The summed E-state index contributed by atoms with van der Waals surface area (Å²) >= 11 is 0. The molecule has 1 aliphatic rings. The van der Waals surface area contributed by atoms with E-state index in [1.807, 2.05) is 0 Å². The van der Waals surface area contributed by atoms with E-state index in [9.17, 15) is 22.0 Å². The zero-order valence-corrected chi connectivity index (χ0v) is 9.26. The largest absolute Gasteiger partial charge is 0.586 e. The fraction of sp³-hybridized carbons (Fsp3) is 0.400. The number of alkyl halides is 5. The smallest absolute Gasteiger partial charge is 0.395 e. The first-order valence-corrected chi connectivity index (χ1v) is 5.10. The van der Waals surface area contributed by atoms with Crippen LogP contribution in [0.25, 0.3) is 0 Å². The number of benzene rings is 1. The van der Waals surface area contributed by atoms with E-state index >= 15 is 0 Å². The van der Waals surface area contributed by atoms with Crippen molar-refractivity contribution in [2.45, 2.75) is 12.7 Å². The number of fused-ring (bicyclic) bond motifs is 1. The minimum atomic E-state index is -4.70. The molecule has 0 bridgehead atoms. The lowest BCUT2D eigenvalue weighted by Gasteiger charge is -2.09. The van der Waals surface area contributed by atoms with Crippen LogP contribution in [-0.2, 0) is 4.74 Å². The maximum Gasteiger partial charge on any atom is 0.586 e. The Balaban J connectivity index is 1.87. The molecule has 0 fully saturated rings. The second kappa shape index (κ2) is 4.72. The highest BCUT2D eigenvalue weighted by molar-refractivity contribution is 5.55. The SMILES string of the molecule is FC(F)(F)OCCNc1ccc2c(c1)OC(F)(F)O2. The molecule has 0 spiro atoms. The third-order valence-electron chi connectivity index (χ3n) is 2.10. The van der Waals surface area contributed by atoms with Crippen LogP contribution in [0.3, 0.4) is 0 Å². The number of anilines is 1. The van der Waals surface area contributed by atoms with Gasteiger partial charge >= 0.3 is 12.7 Å². The Morgan fingerprint density at radius 3 is 2.53 bits per heavy atom. The van der Waals surface area contributed by atoms with Crippen LogP contribution in [0, 0.1) is 0 Å². The van der Waals surface area contributed by atoms with Crippen LogP contribution in [0.2, 0.25) is 0 Å². The highest BCUT2D eigenvalue weighted by Crippen LogP contribution is 2.42. The molecule has 1 aromatic rings. The van der Waals surface area contributed by atoms with Crippen LogP contribution < -0.4 is 14.8 Å². The van der Waals surface area contributed by atoms with Crippen molar-refractivity contribution < 1.29 is 36.2 Å². The van der Waals surface area contributed by atoms with E-state index in [0.29, 0.717) is 5.69 Å². The molecule has 0 atom stereocenters. The molecule has 4 nitrogen and oxygen atoms in total. The Kier molecular flexibility index (Phi) is 3.40. The van der Waals surface area contributed by atoms with Crippen molar-refractivity contribution in [1.29, 1.82) is 0 Å². The van der Waals surface area contributed by atoms with Gasteiger partial charge in [-0.2, -0.15) is 0 Å². The zero-order valence-electron chi connectivity index (χ0n) is 9.26. The Hall–Kier alpha value is -1.77. The number of ether oxygens (including phenoxy) is 3. The standard InChI is InChI=1S/C10H8F5NO3/c11-9(12,13)17-4-3-16-6-1-2-7-8(5-6)19-10(14,15)18-7/h1-2,5,16H,3-4H2. The summed E-state index contributed by atoms with van der Waals surface area (Å²) in [5.74, 6) is -0.325. The van der Waals surface area contributed by atoms with Crippen LogP contribution in [0.5, 0.6) is 11.5 Å². The second-order valence-electron chi connectivity index (χ2n) is 3.55. The summed E-state index contributed by atoms with van der Waals surface area (Å²) in [6.45, 7) is -0.746. The zero-order chi connectivity index (χ0) is 14.1. The van der Waals surface area contributed by atoms with Gasteiger partial charge in [-0.3, -0.25) is 4.74 Å². The van der Waals surface area contributed by atoms with Gasteiger partial charge in [0.05, 0.1) is 6.61 Å². The second-order valence-corrected chi connectivity index (χ2v) is 3.55. The molecule has 9 heteroatoms. The summed E-state index contributed by atoms with van der Waals surface area (Å²) in [7, 11) is 0. The van der Waals surface area contributed by atoms with E-state index in [1.54, 1.807) is 0 Å². The van der Waals surface area contributed by atoms with E-state index in [4.69, 9.17) is 0 Å². The Labute approximate surface area is 104 Å². The van der Waals surface area contributed by atoms with Gasteiger partial charge in [0.15, 0.2) is 11.5 Å². The summed E-state index contributed by atoms with van der Waals surface area (Å²) in [6, 6.07) is 3.80. The maximum absolute atomic E-state index is 12.7. The number of nitrogens with one attached hydrogen (secondary N) is 1. The summed E-state index contributed by atoms with van der Waals surface area (Å²) in [6.07, 6.45) is -8.42. The monoisotopic (exact) mass is 285 g/mol. The molecular weight excluding hydrogens is 277 g/mol. The molecule has 0 aliphatic carbocycles. The van der Waals surface area contributed by atoms with Gasteiger partial charge in [-0.1, -0.05) is 0 Å². The molecule has 1 heterocycles.